The van der Waals surface area contributed by atoms with E-state index >= 15 is 0 Å². The van der Waals surface area contributed by atoms with Crippen LogP contribution in [0.1, 0.15) is 57.1 Å². The number of amides is 3. The van der Waals surface area contributed by atoms with Crippen LogP contribution in [-0.4, -0.2) is 91.5 Å². The number of likely N-dealkylation sites (tertiary alicyclic amines) is 2. The number of nitrogens with one attached hydrogen (secondary N) is 1. The lowest BCUT2D eigenvalue weighted by Gasteiger charge is -2.38. The molecular formula is C33H43N3O7Si. The highest BCUT2D eigenvalue weighted by Crippen LogP contribution is 2.45. The Balaban J connectivity index is 1.30. The molecule has 2 aromatic rings. The molecule has 236 valence electrons. The van der Waals surface area contributed by atoms with Gasteiger partial charge < -0.3 is 24.5 Å². The average molecular weight is 622 g/mol. The van der Waals surface area contributed by atoms with Crippen LogP contribution in [0, 0.1) is 0 Å². The number of benzene rings is 2. The summed E-state index contributed by atoms with van der Waals surface area (Å²) in [6, 6.07) is 14.6. The number of carboxylic acid groups (broad SMARTS) is 1. The van der Waals surface area contributed by atoms with E-state index in [-0.39, 0.29) is 42.5 Å². The third-order valence-electron chi connectivity index (χ3n) is 9.64. The second kappa shape index (κ2) is 12.4. The van der Waals surface area contributed by atoms with E-state index in [9.17, 15) is 19.2 Å². The van der Waals surface area contributed by atoms with E-state index in [1.165, 1.54) is 9.80 Å². The van der Waals surface area contributed by atoms with Gasteiger partial charge in [0.1, 0.15) is 25.2 Å². The normalized spacial score (nSPS) is 21.6. The zero-order chi connectivity index (χ0) is 31.8. The van der Waals surface area contributed by atoms with E-state index < -0.39 is 44.9 Å². The van der Waals surface area contributed by atoms with Gasteiger partial charge in [0.05, 0.1) is 6.10 Å². The molecule has 1 aliphatic carbocycles. The predicted molar refractivity (Wildman–Crippen MR) is 168 cm³/mol. The van der Waals surface area contributed by atoms with Gasteiger partial charge in [-0.2, -0.15) is 0 Å². The monoisotopic (exact) mass is 621 g/mol. The van der Waals surface area contributed by atoms with E-state index in [0.29, 0.717) is 19.4 Å². The van der Waals surface area contributed by atoms with Crippen molar-refractivity contribution < 1.29 is 33.4 Å². The van der Waals surface area contributed by atoms with Gasteiger partial charge in [0.2, 0.25) is 11.8 Å². The molecule has 3 atom stereocenters. The zero-order valence-corrected chi connectivity index (χ0v) is 27.2. The summed E-state index contributed by atoms with van der Waals surface area (Å²) in [6.07, 6.45) is 0.430. The Bertz CT molecular complexity index is 1390. The Morgan fingerprint density at radius 2 is 1.57 bits per heavy atom. The van der Waals surface area contributed by atoms with Crippen molar-refractivity contribution in [3.63, 3.8) is 0 Å². The molecule has 0 unspecified atom stereocenters. The summed E-state index contributed by atoms with van der Waals surface area (Å²) in [5, 5.41) is 11.5. The number of fused-ring (bicyclic) bond motifs is 3. The molecule has 11 heteroatoms. The second-order valence-electron chi connectivity index (χ2n) is 13.5. The SMILES string of the molecule is CC(C)(C)[Si](C)(C)O[C@@H]1C[C@@H](C(=O)NCC(=O)O)N(C(=O)[C@@H]2CCCN2C(=O)OCC2c3ccccc3-c3ccccc32)C1. The molecule has 0 spiro atoms. The van der Waals surface area contributed by atoms with Crippen molar-refractivity contribution in [3.05, 3.63) is 59.7 Å². The number of ether oxygens (including phenoxy) is 1. The number of carboxylic acids is 1. The number of carbonyl (C=O) groups excluding carboxylic acids is 3. The van der Waals surface area contributed by atoms with Gasteiger partial charge in [-0.15, -0.1) is 0 Å². The van der Waals surface area contributed by atoms with Crippen LogP contribution in [-0.2, 0) is 23.5 Å². The standard InChI is InChI=1S/C33H43N3O7Si/c1-33(2,3)44(4,5)43-21-17-28(30(39)34-18-29(37)38)36(19-21)31(40)27-15-10-16-35(27)32(41)42-20-26-24-13-8-6-11-22(24)23-12-7-9-14-25(23)26/h6-9,11-14,21,26-28H,10,15-20H2,1-5H3,(H,34,39)(H,37,38)/t21-,27+,28+/m1/s1. The Hall–Kier alpha value is -3.70. The van der Waals surface area contributed by atoms with E-state index in [2.05, 4.69) is 63.4 Å². The van der Waals surface area contributed by atoms with Crippen LogP contribution in [0.5, 0.6) is 0 Å². The van der Waals surface area contributed by atoms with E-state index in [0.717, 1.165) is 22.3 Å². The van der Waals surface area contributed by atoms with Gasteiger partial charge in [-0.25, -0.2) is 4.79 Å². The van der Waals surface area contributed by atoms with E-state index in [1.54, 1.807) is 0 Å². The van der Waals surface area contributed by atoms with Gasteiger partial charge in [-0.1, -0.05) is 69.3 Å². The van der Waals surface area contributed by atoms with Gasteiger partial charge in [0, 0.05) is 25.4 Å². The minimum atomic E-state index is -2.22. The maximum absolute atomic E-state index is 14.0. The smallest absolute Gasteiger partial charge is 0.410 e. The van der Waals surface area contributed by atoms with Gasteiger partial charge in [0.25, 0.3) is 0 Å². The van der Waals surface area contributed by atoms with E-state index in [1.807, 2.05) is 24.3 Å². The van der Waals surface area contributed by atoms with Gasteiger partial charge in [0.15, 0.2) is 8.32 Å². The van der Waals surface area contributed by atoms with Crippen molar-refractivity contribution in [2.45, 2.75) is 82.3 Å². The van der Waals surface area contributed by atoms with Crippen molar-refractivity contribution in [1.82, 2.24) is 15.1 Å². The number of nitrogens with zero attached hydrogens (tertiary/aromatic N) is 2. The molecule has 0 bridgehead atoms. The van der Waals surface area contributed by atoms with Gasteiger partial charge in [-0.05, 0) is 53.2 Å². The highest BCUT2D eigenvalue weighted by atomic mass is 28.4. The summed E-state index contributed by atoms with van der Waals surface area (Å²) in [4.78, 5) is 54.8. The summed E-state index contributed by atoms with van der Waals surface area (Å²) in [5.41, 5.74) is 4.48. The molecule has 0 radical (unpaired) electrons. The van der Waals surface area contributed by atoms with Crippen LogP contribution in [0.25, 0.3) is 11.1 Å². The van der Waals surface area contributed by atoms with Gasteiger partial charge in [-0.3, -0.25) is 19.3 Å². The maximum atomic E-state index is 14.0. The molecule has 0 saturated carbocycles. The Labute approximate surface area is 259 Å². The van der Waals surface area contributed by atoms with Crippen LogP contribution in [0.2, 0.25) is 18.1 Å². The minimum absolute atomic E-state index is 0.0716. The highest BCUT2D eigenvalue weighted by Gasteiger charge is 2.48. The molecule has 3 aliphatic rings. The first kappa shape index (κ1) is 31.7. The van der Waals surface area contributed by atoms with Crippen LogP contribution >= 0.6 is 0 Å². The summed E-state index contributed by atoms with van der Waals surface area (Å²) in [6.45, 7) is 10.8. The molecule has 5 rings (SSSR count). The lowest BCUT2D eigenvalue weighted by molar-refractivity contribution is -0.142. The van der Waals surface area contributed by atoms with Crippen LogP contribution in [0.15, 0.2) is 48.5 Å². The minimum Gasteiger partial charge on any atom is -0.480 e. The molecule has 44 heavy (non-hydrogen) atoms. The average Bonchev–Trinajstić information content (AvgIpc) is 3.70. The number of rotatable bonds is 8. The summed E-state index contributed by atoms with van der Waals surface area (Å²) in [5.74, 6) is -2.14. The van der Waals surface area contributed by atoms with Crippen molar-refractivity contribution in [2.24, 2.45) is 0 Å². The highest BCUT2D eigenvalue weighted by molar-refractivity contribution is 6.74. The molecule has 0 aromatic heterocycles. The number of hydrogen-bond donors (Lipinski definition) is 2. The first-order valence-corrected chi connectivity index (χ1v) is 18.3. The molecule has 10 nitrogen and oxygen atoms in total. The van der Waals surface area contributed by atoms with Gasteiger partial charge >= 0.3 is 12.1 Å². The van der Waals surface area contributed by atoms with Crippen LogP contribution < -0.4 is 5.32 Å². The molecular weight excluding hydrogens is 578 g/mol. The lowest BCUT2D eigenvalue weighted by atomic mass is 9.98. The lowest BCUT2D eigenvalue weighted by Crippen LogP contribution is -2.53. The third-order valence-corrected chi connectivity index (χ3v) is 14.2. The molecule has 2 fully saturated rings. The summed E-state index contributed by atoms with van der Waals surface area (Å²) in [7, 11) is -2.22. The first-order valence-electron chi connectivity index (χ1n) is 15.4. The van der Waals surface area contributed by atoms with Crippen LogP contribution in [0.3, 0.4) is 0 Å². The zero-order valence-electron chi connectivity index (χ0n) is 26.2. The van der Waals surface area contributed by atoms with E-state index in [4.69, 9.17) is 14.3 Å². The number of hydrogen-bond acceptors (Lipinski definition) is 6. The third kappa shape index (κ3) is 6.25. The Morgan fingerprint density at radius 3 is 2.16 bits per heavy atom. The quantitative estimate of drug-likeness (QED) is 0.413. The van der Waals surface area contributed by atoms with Crippen molar-refractivity contribution in [3.8, 4) is 11.1 Å². The van der Waals surface area contributed by atoms with Crippen LogP contribution in [0.4, 0.5) is 4.79 Å². The summed E-state index contributed by atoms with van der Waals surface area (Å²) < 4.78 is 12.5. The number of aliphatic carboxylic acids is 1. The molecule has 2 aromatic carbocycles. The Kier molecular flexibility index (Phi) is 8.91. The van der Waals surface area contributed by atoms with Crippen molar-refractivity contribution in [2.75, 3.05) is 26.2 Å². The fourth-order valence-electron chi connectivity index (χ4n) is 6.36. The number of carbonyl (C=O) groups is 4. The fraction of sp³-hybridized carbons (Fsp3) is 0.515. The first-order chi connectivity index (χ1) is 20.8. The van der Waals surface area contributed by atoms with Crippen molar-refractivity contribution in [1.29, 1.82) is 0 Å². The van der Waals surface area contributed by atoms with Crippen molar-refractivity contribution >= 4 is 32.2 Å². The largest absolute Gasteiger partial charge is 0.480 e. The molecule has 2 N–H and O–H groups in total. The fourth-order valence-corrected chi connectivity index (χ4v) is 7.72. The molecule has 3 amide bonds. The molecule has 2 saturated heterocycles. The molecule has 2 heterocycles. The topological polar surface area (TPSA) is 125 Å². The maximum Gasteiger partial charge on any atom is 0.410 e. The summed E-state index contributed by atoms with van der Waals surface area (Å²) >= 11 is 0. The Morgan fingerprint density at radius 1 is 0.955 bits per heavy atom. The molecule has 2 aliphatic heterocycles. The predicted octanol–water partition coefficient (Wildman–Crippen LogP) is 4.59. The second-order valence-corrected chi connectivity index (χ2v) is 18.3.